The second kappa shape index (κ2) is 6.07. The summed E-state index contributed by atoms with van der Waals surface area (Å²) < 4.78 is 1.93. The van der Waals surface area contributed by atoms with Crippen molar-refractivity contribution >= 4 is 11.6 Å². The summed E-state index contributed by atoms with van der Waals surface area (Å²) in [7, 11) is 1.98. The minimum Gasteiger partial charge on any atom is -0.330 e. The molecular weight excluding hydrogens is 246 g/mol. The van der Waals surface area contributed by atoms with Crippen molar-refractivity contribution in [3.63, 3.8) is 0 Å². The first kappa shape index (κ1) is 13.9. The monoisotopic (exact) mass is 269 g/mol. The molecule has 0 aromatic carbocycles. The molecule has 0 bridgehead atoms. The van der Waals surface area contributed by atoms with Crippen LogP contribution in [0.4, 0.5) is 0 Å². The molecule has 1 fully saturated rings. The fourth-order valence-corrected chi connectivity index (χ4v) is 3.75. The SMILES string of the molecule is CCCC1CCC(CN)C(c2c(Cl)cnn2C)C1. The summed E-state index contributed by atoms with van der Waals surface area (Å²) >= 11 is 6.30. The molecule has 1 aliphatic rings. The van der Waals surface area contributed by atoms with Crippen molar-refractivity contribution in [2.75, 3.05) is 6.54 Å². The van der Waals surface area contributed by atoms with Crippen molar-refractivity contribution in [3.8, 4) is 0 Å². The molecular formula is C14H24ClN3. The van der Waals surface area contributed by atoms with Gasteiger partial charge in [0.15, 0.2) is 0 Å². The van der Waals surface area contributed by atoms with Gasteiger partial charge in [0.2, 0.25) is 0 Å². The van der Waals surface area contributed by atoms with Crippen LogP contribution in [-0.4, -0.2) is 16.3 Å². The first-order valence-electron chi connectivity index (χ1n) is 7.04. The highest BCUT2D eigenvalue weighted by Crippen LogP contribution is 2.43. The van der Waals surface area contributed by atoms with Gasteiger partial charge in [0.25, 0.3) is 0 Å². The third-order valence-corrected chi connectivity index (χ3v) is 4.68. The summed E-state index contributed by atoms with van der Waals surface area (Å²) in [6.07, 6.45) is 8.12. The zero-order valence-electron chi connectivity index (χ0n) is 11.4. The van der Waals surface area contributed by atoms with Crippen LogP contribution in [0.15, 0.2) is 6.20 Å². The number of hydrogen-bond donors (Lipinski definition) is 1. The summed E-state index contributed by atoms with van der Waals surface area (Å²) in [5, 5.41) is 5.08. The van der Waals surface area contributed by atoms with E-state index in [4.69, 9.17) is 17.3 Å². The van der Waals surface area contributed by atoms with Gasteiger partial charge in [-0.1, -0.05) is 37.8 Å². The van der Waals surface area contributed by atoms with Crippen molar-refractivity contribution in [3.05, 3.63) is 16.9 Å². The highest BCUT2D eigenvalue weighted by atomic mass is 35.5. The lowest BCUT2D eigenvalue weighted by atomic mass is 9.71. The van der Waals surface area contributed by atoms with E-state index in [2.05, 4.69) is 12.0 Å². The molecule has 1 saturated carbocycles. The smallest absolute Gasteiger partial charge is 0.0820 e. The van der Waals surface area contributed by atoms with Crippen LogP contribution < -0.4 is 5.73 Å². The largest absolute Gasteiger partial charge is 0.330 e. The molecule has 0 spiro atoms. The number of aromatic nitrogens is 2. The Morgan fingerprint density at radius 3 is 2.83 bits per heavy atom. The topological polar surface area (TPSA) is 43.8 Å². The van der Waals surface area contributed by atoms with Gasteiger partial charge < -0.3 is 5.73 Å². The Morgan fingerprint density at radius 1 is 1.50 bits per heavy atom. The van der Waals surface area contributed by atoms with E-state index >= 15 is 0 Å². The number of nitrogens with zero attached hydrogens (tertiary/aromatic N) is 2. The van der Waals surface area contributed by atoms with Crippen LogP contribution in [-0.2, 0) is 7.05 Å². The minimum atomic E-state index is 0.486. The van der Waals surface area contributed by atoms with Crippen molar-refractivity contribution in [2.24, 2.45) is 24.6 Å². The number of hydrogen-bond acceptors (Lipinski definition) is 2. The molecule has 0 aliphatic heterocycles. The molecule has 3 nitrogen and oxygen atoms in total. The first-order valence-corrected chi connectivity index (χ1v) is 7.42. The lowest BCUT2D eigenvalue weighted by Gasteiger charge is -2.36. The molecule has 102 valence electrons. The van der Waals surface area contributed by atoms with E-state index in [0.29, 0.717) is 11.8 Å². The number of aryl methyl sites for hydroxylation is 1. The van der Waals surface area contributed by atoms with E-state index in [-0.39, 0.29) is 0 Å². The minimum absolute atomic E-state index is 0.486. The van der Waals surface area contributed by atoms with Crippen molar-refractivity contribution < 1.29 is 0 Å². The van der Waals surface area contributed by atoms with Crippen LogP contribution in [0.1, 0.15) is 50.6 Å². The summed E-state index contributed by atoms with van der Waals surface area (Å²) in [6.45, 7) is 3.02. The van der Waals surface area contributed by atoms with E-state index < -0.39 is 0 Å². The summed E-state index contributed by atoms with van der Waals surface area (Å²) in [4.78, 5) is 0. The molecule has 0 saturated heterocycles. The predicted octanol–water partition coefficient (Wildman–Crippen LogP) is 3.33. The zero-order valence-corrected chi connectivity index (χ0v) is 12.2. The third kappa shape index (κ3) is 2.72. The lowest BCUT2D eigenvalue weighted by molar-refractivity contribution is 0.223. The van der Waals surface area contributed by atoms with Crippen LogP contribution in [0, 0.1) is 11.8 Å². The van der Waals surface area contributed by atoms with Crippen LogP contribution in [0.2, 0.25) is 5.02 Å². The fourth-order valence-electron chi connectivity index (χ4n) is 3.45. The number of halogens is 1. The maximum atomic E-state index is 6.30. The average molecular weight is 270 g/mol. The van der Waals surface area contributed by atoms with E-state index in [1.807, 2.05) is 11.7 Å². The zero-order chi connectivity index (χ0) is 13.1. The predicted molar refractivity (Wildman–Crippen MR) is 75.8 cm³/mol. The van der Waals surface area contributed by atoms with Gasteiger partial charge in [-0.25, -0.2) is 0 Å². The van der Waals surface area contributed by atoms with Gasteiger partial charge in [0.05, 0.1) is 16.9 Å². The Morgan fingerprint density at radius 2 is 2.28 bits per heavy atom. The summed E-state index contributed by atoms with van der Waals surface area (Å²) in [5.74, 6) is 1.88. The van der Waals surface area contributed by atoms with Crippen molar-refractivity contribution in [2.45, 2.75) is 44.9 Å². The number of rotatable bonds is 4. The highest BCUT2D eigenvalue weighted by Gasteiger charge is 2.33. The standard InChI is InChI=1S/C14H24ClN3/c1-3-4-10-5-6-11(8-16)12(7-10)14-13(15)9-17-18(14)2/h9-12H,3-8,16H2,1-2H3. The van der Waals surface area contributed by atoms with Crippen molar-refractivity contribution in [1.29, 1.82) is 0 Å². The molecule has 1 heterocycles. The van der Waals surface area contributed by atoms with Gasteiger partial charge >= 0.3 is 0 Å². The van der Waals surface area contributed by atoms with Gasteiger partial charge in [0, 0.05) is 13.0 Å². The summed E-state index contributed by atoms with van der Waals surface area (Å²) in [6, 6.07) is 0. The van der Waals surface area contributed by atoms with E-state index in [1.54, 1.807) is 6.20 Å². The molecule has 0 radical (unpaired) electrons. The molecule has 1 aromatic rings. The lowest BCUT2D eigenvalue weighted by Crippen LogP contribution is -2.30. The van der Waals surface area contributed by atoms with Gasteiger partial charge in [-0.2, -0.15) is 5.10 Å². The quantitative estimate of drug-likeness (QED) is 0.911. The second-order valence-electron chi connectivity index (χ2n) is 5.57. The van der Waals surface area contributed by atoms with Gasteiger partial charge in [-0.05, 0) is 31.2 Å². The molecule has 2 N–H and O–H groups in total. The third-order valence-electron chi connectivity index (χ3n) is 4.39. The van der Waals surface area contributed by atoms with Crippen LogP contribution in [0.25, 0.3) is 0 Å². The Balaban J connectivity index is 2.21. The van der Waals surface area contributed by atoms with Crippen LogP contribution in [0.3, 0.4) is 0 Å². The molecule has 1 aromatic heterocycles. The van der Waals surface area contributed by atoms with Crippen LogP contribution >= 0.6 is 11.6 Å². The fraction of sp³-hybridized carbons (Fsp3) is 0.786. The molecule has 1 aliphatic carbocycles. The molecule has 18 heavy (non-hydrogen) atoms. The van der Waals surface area contributed by atoms with Gasteiger partial charge in [-0.3, -0.25) is 4.68 Å². The Kier molecular flexibility index (Phi) is 4.68. The molecule has 2 rings (SSSR count). The molecule has 3 atom stereocenters. The Bertz CT molecular complexity index is 369. The molecule has 4 heteroatoms. The van der Waals surface area contributed by atoms with Gasteiger partial charge in [-0.15, -0.1) is 0 Å². The van der Waals surface area contributed by atoms with Crippen LogP contribution in [0.5, 0.6) is 0 Å². The molecule has 0 amide bonds. The highest BCUT2D eigenvalue weighted by molar-refractivity contribution is 6.31. The maximum Gasteiger partial charge on any atom is 0.0820 e. The Hall–Kier alpha value is -0.540. The van der Waals surface area contributed by atoms with E-state index in [1.165, 1.54) is 37.8 Å². The second-order valence-corrected chi connectivity index (χ2v) is 5.98. The Labute approximate surface area is 115 Å². The van der Waals surface area contributed by atoms with Crippen molar-refractivity contribution in [1.82, 2.24) is 9.78 Å². The van der Waals surface area contributed by atoms with E-state index in [9.17, 15) is 0 Å². The number of nitrogens with two attached hydrogens (primary N) is 1. The average Bonchev–Trinajstić information content (AvgIpc) is 2.69. The summed E-state index contributed by atoms with van der Waals surface area (Å²) in [5.41, 5.74) is 7.13. The molecule has 3 unspecified atom stereocenters. The van der Waals surface area contributed by atoms with Gasteiger partial charge in [0.1, 0.15) is 0 Å². The first-order chi connectivity index (χ1) is 8.67. The maximum absolute atomic E-state index is 6.30. The normalized spacial score (nSPS) is 28.6. The van der Waals surface area contributed by atoms with E-state index in [0.717, 1.165) is 17.5 Å².